The predicted octanol–water partition coefficient (Wildman–Crippen LogP) is 1.87. The number of carbonyl (C=O) groups excluding carboxylic acids is 1. The van der Waals surface area contributed by atoms with Crippen LogP contribution in [-0.4, -0.2) is 18.5 Å². The van der Waals surface area contributed by atoms with Crippen molar-refractivity contribution in [2.75, 3.05) is 7.05 Å². The molecule has 0 spiro atoms. The number of hydrogen-bond donors (Lipinski definition) is 0. The molecule has 1 unspecified atom stereocenters. The van der Waals surface area contributed by atoms with Gasteiger partial charge >= 0.3 is 0 Å². The Morgan fingerprint density at radius 2 is 2.12 bits per heavy atom. The Morgan fingerprint density at radius 1 is 1.35 bits per heavy atom. The van der Waals surface area contributed by atoms with Crippen molar-refractivity contribution in [3.8, 4) is 24.7 Å². The number of allylic oxidation sites excluding steroid dienone is 2. The highest BCUT2D eigenvalue weighted by Gasteiger charge is 2.48. The molecule has 0 aromatic heterocycles. The molecular formula is C15H15NO. The highest BCUT2D eigenvalue weighted by Crippen LogP contribution is 2.56. The van der Waals surface area contributed by atoms with Gasteiger partial charge < -0.3 is 0 Å². The highest BCUT2D eigenvalue weighted by molar-refractivity contribution is 6.50. The van der Waals surface area contributed by atoms with Crippen molar-refractivity contribution in [3.63, 3.8) is 0 Å². The molecule has 0 aliphatic heterocycles. The summed E-state index contributed by atoms with van der Waals surface area (Å²) in [7, 11) is 1.56. The quantitative estimate of drug-likeness (QED) is 0.409. The van der Waals surface area contributed by atoms with Crippen molar-refractivity contribution in [1.82, 2.24) is 0 Å². The van der Waals surface area contributed by atoms with Crippen LogP contribution in [0, 0.1) is 42.4 Å². The van der Waals surface area contributed by atoms with Crippen LogP contribution < -0.4 is 0 Å². The molecule has 0 aromatic carbocycles. The zero-order chi connectivity index (χ0) is 12.4. The maximum absolute atomic E-state index is 11.4. The van der Waals surface area contributed by atoms with E-state index in [4.69, 9.17) is 12.8 Å². The van der Waals surface area contributed by atoms with Crippen LogP contribution in [-0.2, 0) is 4.79 Å². The first-order valence-electron chi connectivity index (χ1n) is 5.87. The normalized spacial score (nSPS) is 31.4. The number of terminal acetylenes is 2. The largest absolute Gasteiger partial charge is 0.284 e. The Balaban J connectivity index is 2.16. The Morgan fingerprint density at radius 3 is 2.47 bits per heavy atom. The minimum atomic E-state index is -0.398. The van der Waals surface area contributed by atoms with Crippen LogP contribution >= 0.6 is 0 Å². The van der Waals surface area contributed by atoms with Gasteiger partial charge in [-0.25, -0.2) is 0 Å². The molecule has 2 rings (SSSR count). The highest BCUT2D eigenvalue weighted by atomic mass is 16.1. The zero-order valence-electron chi connectivity index (χ0n) is 9.94. The van der Waals surface area contributed by atoms with Crippen molar-refractivity contribution in [1.29, 1.82) is 0 Å². The van der Waals surface area contributed by atoms with Gasteiger partial charge in [0, 0.05) is 12.6 Å². The minimum Gasteiger partial charge on any atom is -0.284 e. The number of ketones is 1. The number of fused-ring (bicyclic) bond motifs is 1. The molecule has 0 heterocycles. The summed E-state index contributed by atoms with van der Waals surface area (Å²) < 4.78 is 0. The lowest BCUT2D eigenvalue weighted by Gasteiger charge is -2.53. The maximum atomic E-state index is 11.4. The smallest absolute Gasteiger partial charge is 0.253 e. The van der Waals surface area contributed by atoms with E-state index in [1.54, 1.807) is 13.1 Å². The van der Waals surface area contributed by atoms with Crippen molar-refractivity contribution in [3.05, 3.63) is 11.6 Å². The summed E-state index contributed by atoms with van der Waals surface area (Å²) in [5, 5.41) is 0. The lowest BCUT2D eigenvalue weighted by Crippen LogP contribution is -2.45. The topological polar surface area (TPSA) is 29.4 Å². The van der Waals surface area contributed by atoms with E-state index in [1.165, 1.54) is 12.8 Å². The van der Waals surface area contributed by atoms with Crippen LogP contribution in [0.15, 0.2) is 16.6 Å². The van der Waals surface area contributed by atoms with Gasteiger partial charge in [-0.1, -0.05) is 5.92 Å². The van der Waals surface area contributed by atoms with E-state index in [0.29, 0.717) is 11.6 Å². The predicted molar refractivity (Wildman–Crippen MR) is 68.4 cm³/mol. The minimum absolute atomic E-state index is 0.295. The van der Waals surface area contributed by atoms with Crippen LogP contribution in [0.3, 0.4) is 0 Å². The van der Waals surface area contributed by atoms with Gasteiger partial charge in [0.2, 0.25) is 0 Å². The lowest BCUT2D eigenvalue weighted by molar-refractivity contribution is -0.108. The summed E-state index contributed by atoms with van der Waals surface area (Å²) in [6, 6.07) is 0. The third-order valence-electron chi connectivity index (χ3n) is 4.01. The molecule has 0 N–H and O–H groups in total. The van der Waals surface area contributed by atoms with Crippen LogP contribution in [0.4, 0.5) is 0 Å². The second-order valence-electron chi connectivity index (χ2n) is 4.67. The van der Waals surface area contributed by atoms with E-state index in [0.717, 1.165) is 23.8 Å². The Labute approximate surface area is 102 Å². The first kappa shape index (κ1) is 11.7. The standard InChI is InChI=1S/C15H15NO/c1-4-10(9-14(16-3)15(17)5-2)13-8-11-6-7-12(11)13/h1-2,9,11-13H,6-8H2,3H3/b10-9+,16-14?/t11-,12-,13?/m1/s1. The number of aliphatic imine (C=N–C) groups is 1. The molecule has 2 fully saturated rings. The fraction of sp³-hybridized carbons (Fsp3) is 0.467. The SMILES string of the molecule is C#CC(=O)C(/C=C(\C#C)C1C[C@H]2CC[C@@H]12)=NC. The molecule has 17 heavy (non-hydrogen) atoms. The van der Waals surface area contributed by atoms with Crippen molar-refractivity contribution >= 4 is 11.5 Å². The maximum Gasteiger partial charge on any atom is 0.253 e. The molecule has 2 aliphatic rings. The number of nitrogens with zero attached hydrogens (tertiary/aromatic N) is 1. The lowest BCUT2D eigenvalue weighted by atomic mass is 9.51. The second-order valence-corrected chi connectivity index (χ2v) is 4.67. The number of Topliss-reactive ketones (excluding diaryl/α,β-unsaturated/α-hetero) is 1. The molecule has 0 bridgehead atoms. The molecule has 86 valence electrons. The van der Waals surface area contributed by atoms with Gasteiger partial charge in [-0.3, -0.25) is 9.79 Å². The van der Waals surface area contributed by atoms with Gasteiger partial charge in [-0.05, 0) is 49.0 Å². The summed E-state index contributed by atoms with van der Waals surface area (Å²) in [5.41, 5.74) is 1.18. The summed E-state index contributed by atoms with van der Waals surface area (Å²) in [4.78, 5) is 15.3. The second kappa shape index (κ2) is 4.60. The van der Waals surface area contributed by atoms with Gasteiger partial charge in [-0.2, -0.15) is 0 Å². The Bertz CT molecular complexity index is 484. The van der Waals surface area contributed by atoms with Crippen LogP contribution in [0.2, 0.25) is 0 Å². The fourth-order valence-electron chi connectivity index (χ4n) is 2.79. The summed E-state index contributed by atoms with van der Waals surface area (Å²) in [5.74, 6) is 6.41. The summed E-state index contributed by atoms with van der Waals surface area (Å²) >= 11 is 0. The van der Waals surface area contributed by atoms with Gasteiger partial charge in [-0.15, -0.1) is 12.8 Å². The average Bonchev–Trinajstić information content (AvgIpc) is 2.34. The Kier molecular flexibility index (Phi) is 3.16. The molecule has 2 aliphatic carbocycles. The van der Waals surface area contributed by atoms with Gasteiger partial charge in [0.15, 0.2) is 0 Å². The summed E-state index contributed by atoms with van der Waals surface area (Å²) in [6.45, 7) is 0. The van der Waals surface area contributed by atoms with E-state index >= 15 is 0 Å². The van der Waals surface area contributed by atoms with Crippen LogP contribution in [0.25, 0.3) is 0 Å². The molecule has 2 heteroatoms. The van der Waals surface area contributed by atoms with E-state index in [9.17, 15) is 4.79 Å². The molecule has 0 amide bonds. The third-order valence-corrected chi connectivity index (χ3v) is 4.01. The van der Waals surface area contributed by atoms with E-state index in [-0.39, 0.29) is 0 Å². The molecule has 2 nitrogen and oxygen atoms in total. The summed E-state index contributed by atoms with van der Waals surface area (Å²) in [6.07, 6.45) is 16.1. The zero-order valence-corrected chi connectivity index (χ0v) is 9.94. The van der Waals surface area contributed by atoms with Crippen molar-refractivity contribution < 1.29 is 4.79 Å². The first-order valence-corrected chi connectivity index (χ1v) is 5.87. The monoisotopic (exact) mass is 225 g/mol. The van der Waals surface area contributed by atoms with E-state index in [2.05, 4.69) is 16.8 Å². The first-order chi connectivity index (χ1) is 8.21. The van der Waals surface area contributed by atoms with Gasteiger partial charge in [0.1, 0.15) is 5.71 Å². The molecule has 0 saturated heterocycles. The number of carbonyl (C=O) groups is 1. The van der Waals surface area contributed by atoms with Crippen LogP contribution in [0.5, 0.6) is 0 Å². The molecule has 3 atom stereocenters. The average molecular weight is 225 g/mol. The Hall–Kier alpha value is -1.80. The van der Waals surface area contributed by atoms with Crippen LogP contribution in [0.1, 0.15) is 19.3 Å². The van der Waals surface area contributed by atoms with E-state index < -0.39 is 5.78 Å². The molecule has 0 radical (unpaired) electrons. The third kappa shape index (κ3) is 1.92. The van der Waals surface area contributed by atoms with E-state index in [1.807, 2.05) is 0 Å². The molecular weight excluding hydrogens is 210 g/mol. The van der Waals surface area contributed by atoms with Crippen molar-refractivity contribution in [2.45, 2.75) is 19.3 Å². The number of hydrogen-bond acceptors (Lipinski definition) is 2. The van der Waals surface area contributed by atoms with Gasteiger partial charge in [0.25, 0.3) is 5.78 Å². The molecule has 2 saturated carbocycles. The molecule has 0 aromatic rings. The number of rotatable bonds is 3. The fourth-order valence-corrected chi connectivity index (χ4v) is 2.79. The van der Waals surface area contributed by atoms with Gasteiger partial charge in [0.05, 0.1) is 0 Å². The van der Waals surface area contributed by atoms with Crippen molar-refractivity contribution in [2.24, 2.45) is 22.7 Å².